The highest BCUT2D eigenvalue weighted by Crippen LogP contribution is 2.18. The van der Waals surface area contributed by atoms with E-state index in [0.29, 0.717) is 39.1 Å². The summed E-state index contributed by atoms with van der Waals surface area (Å²) < 4.78 is 5.16. The van der Waals surface area contributed by atoms with Crippen molar-refractivity contribution in [1.29, 1.82) is 0 Å². The molecule has 0 aromatic rings. The Balaban J connectivity index is 2.17. The van der Waals surface area contributed by atoms with Crippen LogP contribution in [-0.2, 0) is 4.74 Å². The molecular formula is C9H19NO3. The Morgan fingerprint density at radius 3 is 2.62 bits per heavy atom. The Morgan fingerprint density at radius 1 is 1.46 bits per heavy atom. The maximum absolute atomic E-state index is 9.96. The predicted octanol–water partition coefficient (Wildman–Crippen LogP) is -0.502. The quantitative estimate of drug-likeness (QED) is 0.558. The minimum Gasteiger partial charge on any atom is -0.392 e. The Bertz CT molecular complexity index is 144. The first-order valence-corrected chi connectivity index (χ1v) is 4.81. The first-order valence-electron chi connectivity index (χ1n) is 4.81. The molecule has 1 rings (SSSR count). The van der Waals surface area contributed by atoms with Crippen LogP contribution in [-0.4, -0.2) is 48.2 Å². The molecule has 1 atom stereocenters. The van der Waals surface area contributed by atoms with Crippen molar-refractivity contribution in [3.8, 4) is 0 Å². The van der Waals surface area contributed by atoms with Crippen LogP contribution < -0.4 is 5.32 Å². The van der Waals surface area contributed by atoms with Crippen LogP contribution in [0.1, 0.15) is 19.8 Å². The molecule has 78 valence electrons. The summed E-state index contributed by atoms with van der Waals surface area (Å²) in [5.74, 6) is 0. The lowest BCUT2D eigenvalue weighted by Gasteiger charge is -2.32. The standard InChI is InChI=1S/C9H19NO3/c1-8(11)6-10-7-9(12)2-4-13-5-3-9/h8,10-12H,2-7H2,1H3. The second-order valence-corrected chi connectivity index (χ2v) is 3.82. The smallest absolute Gasteiger partial charge is 0.0815 e. The van der Waals surface area contributed by atoms with Crippen LogP contribution in [0.2, 0.25) is 0 Å². The van der Waals surface area contributed by atoms with E-state index in [4.69, 9.17) is 9.84 Å². The van der Waals surface area contributed by atoms with Crippen molar-refractivity contribution in [3.05, 3.63) is 0 Å². The zero-order chi connectivity index (χ0) is 9.73. The van der Waals surface area contributed by atoms with Gasteiger partial charge in [-0.25, -0.2) is 0 Å². The van der Waals surface area contributed by atoms with Crippen molar-refractivity contribution in [1.82, 2.24) is 5.32 Å². The number of hydrogen-bond acceptors (Lipinski definition) is 4. The Labute approximate surface area is 78.9 Å². The summed E-state index contributed by atoms with van der Waals surface area (Å²) in [4.78, 5) is 0. The molecule has 0 aliphatic carbocycles. The van der Waals surface area contributed by atoms with Gasteiger partial charge in [-0.15, -0.1) is 0 Å². The van der Waals surface area contributed by atoms with Crippen LogP contribution >= 0.6 is 0 Å². The molecule has 0 saturated carbocycles. The van der Waals surface area contributed by atoms with Crippen molar-refractivity contribution in [2.24, 2.45) is 0 Å². The van der Waals surface area contributed by atoms with Crippen LogP contribution in [0.4, 0.5) is 0 Å². The average molecular weight is 189 g/mol. The molecule has 0 radical (unpaired) electrons. The van der Waals surface area contributed by atoms with Gasteiger partial charge in [0.05, 0.1) is 11.7 Å². The summed E-state index contributed by atoms with van der Waals surface area (Å²) in [5, 5.41) is 22.0. The zero-order valence-electron chi connectivity index (χ0n) is 8.12. The van der Waals surface area contributed by atoms with Gasteiger partial charge in [0.25, 0.3) is 0 Å². The number of rotatable bonds is 4. The van der Waals surface area contributed by atoms with Gasteiger partial charge in [0, 0.05) is 39.1 Å². The fraction of sp³-hybridized carbons (Fsp3) is 1.00. The summed E-state index contributed by atoms with van der Waals surface area (Å²) in [6, 6.07) is 0. The van der Waals surface area contributed by atoms with Crippen LogP contribution in [0.15, 0.2) is 0 Å². The Kier molecular flexibility index (Phi) is 4.12. The van der Waals surface area contributed by atoms with E-state index in [1.807, 2.05) is 0 Å². The molecule has 0 bridgehead atoms. The average Bonchev–Trinajstić information content (AvgIpc) is 2.04. The highest BCUT2D eigenvalue weighted by atomic mass is 16.5. The first-order chi connectivity index (χ1) is 6.12. The van der Waals surface area contributed by atoms with Gasteiger partial charge in [-0.1, -0.05) is 0 Å². The molecule has 0 aromatic heterocycles. The topological polar surface area (TPSA) is 61.7 Å². The van der Waals surface area contributed by atoms with Gasteiger partial charge >= 0.3 is 0 Å². The second kappa shape index (κ2) is 4.91. The Morgan fingerprint density at radius 2 is 2.08 bits per heavy atom. The number of hydrogen-bond donors (Lipinski definition) is 3. The molecule has 0 aromatic carbocycles. The van der Waals surface area contributed by atoms with E-state index in [1.54, 1.807) is 6.92 Å². The second-order valence-electron chi connectivity index (χ2n) is 3.82. The van der Waals surface area contributed by atoms with Crippen molar-refractivity contribution in [2.45, 2.75) is 31.5 Å². The molecule has 4 heteroatoms. The molecular weight excluding hydrogens is 170 g/mol. The highest BCUT2D eigenvalue weighted by Gasteiger charge is 2.29. The zero-order valence-corrected chi connectivity index (χ0v) is 8.12. The third-order valence-corrected chi connectivity index (χ3v) is 2.32. The summed E-state index contributed by atoms with van der Waals surface area (Å²) in [5.41, 5.74) is -0.632. The van der Waals surface area contributed by atoms with E-state index in [1.165, 1.54) is 0 Å². The van der Waals surface area contributed by atoms with Gasteiger partial charge in [-0.2, -0.15) is 0 Å². The van der Waals surface area contributed by atoms with Gasteiger partial charge in [-0.05, 0) is 6.92 Å². The lowest BCUT2D eigenvalue weighted by Crippen LogP contribution is -2.46. The van der Waals surface area contributed by atoms with Gasteiger partial charge in [-0.3, -0.25) is 0 Å². The fourth-order valence-corrected chi connectivity index (χ4v) is 1.44. The van der Waals surface area contributed by atoms with Crippen LogP contribution in [0.5, 0.6) is 0 Å². The molecule has 1 aliphatic rings. The summed E-state index contributed by atoms with van der Waals surface area (Å²) in [6.45, 7) is 4.06. The van der Waals surface area contributed by atoms with Crippen molar-refractivity contribution in [2.75, 3.05) is 26.3 Å². The SMILES string of the molecule is CC(O)CNCC1(O)CCOCC1. The third kappa shape index (κ3) is 4.04. The molecule has 0 spiro atoms. The van der Waals surface area contributed by atoms with Crippen LogP contribution in [0.3, 0.4) is 0 Å². The van der Waals surface area contributed by atoms with Gasteiger partial charge < -0.3 is 20.3 Å². The molecule has 1 unspecified atom stereocenters. The normalized spacial score (nSPS) is 24.2. The summed E-state index contributed by atoms with van der Waals surface area (Å²) in [7, 11) is 0. The number of aliphatic hydroxyl groups is 2. The summed E-state index contributed by atoms with van der Waals surface area (Å²) in [6.07, 6.45) is 1.00. The minimum absolute atomic E-state index is 0.358. The van der Waals surface area contributed by atoms with Gasteiger partial charge in [0.2, 0.25) is 0 Å². The number of ether oxygens (including phenoxy) is 1. The van der Waals surface area contributed by atoms with Crippen LogP contribution in [0, 0.1) is 0 Å². The molecule has 0 amide bonds. The minimum atomic E-state index is -0.632. The van der Waals surface area contributed by atoms with E-state index < -0.39 is 5.60 Å². The molecule has 3 N–H and O–H groups in total. The van der Waals surface area contributed by atoms with Crippen molar-refractivity contribution in [3.63, 3.8) is 0 Å². The van der Waals surface area contributed by atoms with E-state index in [9.17, 15) is 5.11 Å². The molecule has 1 heterocycles. The monoisotopic (exact) mass is 189 g/mol. The van der Waals surface area contributed by atoms with Crippen LogP contribution in [0.25, 0.3) is 0 Å². The van der Waals surface area contributed by atoms with E-state index in [-0.39, 0.29) is 6.10 Å². The molecule has 13 heavy (non-hydrogen) atoms. The maximum atomic E-state index is 9.96. The van der Waals surface area contributed by atoms with E-state index >= 15 is 0 Å². The Hall–Kier alpha value is -0.160. The fourth-order valence-electron chi connectivity index (χ4n) is 1.44. The molecule has 1 aliphatic heterocycles. The predicted molar refractivity (Wildman–Crippen MR) is 49.6 cm³/mol. The number of nitrogens with one attached hydrogen (secondary N) is 1. The highest BCUT2D eigenvalue weighted by molar-refractivity contribution is 4.83. The van der Waals surface area contributed by atoms with Gasteiger partial charge in [0.15, 0.2) is 0 Å². The van der Waals surface area contributed by atoms with E-state index in [2.05, 4.69) is 5.32 Å². The summed E-state index contributed by atoms with van der Waals surface area (Å²) >= 11 is 0. The largest absolute Gasteiger partial charge is 0.392 e. The first kappa shape index (κ1) is 10.9. The van der Waals surface area contributed by atoms with Gasteiger partial charge in [0.1, 0.15) is 0 Å². The molecule has 1 saturated heterocycles. The molecule has 4 nitrogen and oxygen atoms in total. The van der Waals surface area contributed by atoms with E-state index in [0.717, 1.165) is 0 Å². The lowest BCUT2D eigenvalue weighted by molar-refractivity contribution is -0.0622. The molecule has 1 fully saturated rings. The van der Waals surface area contributed by atoms with Crippen molar-refractivity contribution < 1.29 is 14.9 Å². The van der Waals surface area contributed by atoms with Crippen molar-refractivity contribution >= 4 is 0 Å². The third-order valence-electron chi connectivity index (χ3n) is 2.32. The maximum Gasteiger partial charge on any atom is 0.0815 e. The lowest BCUT2D eigenvalue weighted by atomic mass is 9.94. The number of aliphatic hydroxyl groups excluding tert-OH is 1.